The lowest BCUT2D eigenvalue weighted by Crippen LogP contribution is -2.52. The summed E-state index contributed by atoms with van der Waals surface area (Å²) in [5.74, 6) is 0.0521. The average molecular weight is 366 g/mol. The Morgan fingerprint density at radius 2 is 1.85 bits per heavy atom. The number of nitrogens with zero attached hydrogens (tertiary/aromatic N) is 1. The summed E-state index contributed by atoms with van der Waals surface area (Å²) in [5, 5.41) is 2.34. The molecule has 0 aliphatic carbocycles. The van der Waals surface area contributed by atoms with Crippen LogP contribution in [0.5, 0.6) is 0 Å². The zero-order chi connectivity index (χ0) is 18.1. The van der Waals surface area contributed by atoms with Crippen molar-refractivity contribution in [3.8, 4) is 0 Å². The molecule has 1 fully saturated rings. The minimum Gasteiger partial charge on any atom is -0.322 e. The first-order valence-electron chi connectivity index (χ1n) is 8.57. The minimum atomic E-state index is -0.570. The Labute approximate surface area is 155 Å². The normalized spacial score (nSPS) is 19.5. The second-order valence-corrected chi connectivity index (χ2v) is 7.47. The highest BCUT2D eigenvalue weighted by Gasteiger charge is 2.39. The zero-order valence-electron chi connectivity index (χ0n) is 14.1. The molecular formula is C20H18N2O3S. The maximum Gasteiger partial charge on any atom is 0.255 e. The molecule has 2 aromatic carbocycles. The van der Waals surface area contributed by atoms with Gasteiger partial charge in [0.2, 0.25) is 11.8 Å². The third-order valence-corrected chi connectivity index (χ3v) is 5.95. The summed E-state index contributed by atoms with van der Waals surface area (Å²) in [6.45, 7) is 0.415. The molecule has 3 amide bonds. The van der Waals surface area contributed by atoms with E-state index in [4.69, 9.17) is 0 Å². The SMILES string of the molecule is O=C1CC[C@H](N2Cc3c(SCc4ccccc4)cccc3C2=O)C(=O)N1. The third-order valence-electron chi connectivity index (χ3n) is 4.78. The summed E-state index contributed by atoms with van der Waals surface area (Å²) in [7, 11) is 0. The van der Waals surface area contributed by atoms with E-state index in [1.165, 1.54) is 5.56 Å². The predicted molar refractivity (Wildman–Crippen MR) is 98.5 cm³/mol. The van der Waals surface area contributed by atoms with E-state index >= 15 is 0 Å². The van der Waals surface area contributed by atoms with E-state index in [2.05, 4.69) is 17.4 Å². The van der Waals surface area contributed by atoms with Crippen LogP contribution in [0.1, 0.15) is 34.3 Å². The number of hydrogen-bond donors (Lipinski definition) is 1. The predicted octanol–water partition coefficient (Wildman–Crippen LogP) is 2.74. The molecule has 2 aromatic rings. The largest absolute Gasteiger partial charge is 0.322 e. The fraction of sp³-hybridized carbons (Fsp3) is 0.250. The number of amides is 3. The number of thioether (sulfide) groups is 1. The second kappa shape index (κ2) is 6.96. The van der Waals surface area contributed by atoms with Crippen LogP contribution in [0.3, 0.4) is 0 Å². The molecule has 6 heteroatoms. The van der Waals surface area contributed by atoms with Crippen LogP contribution in [0.25, 0.3) is 0 Å². The Hall–Kier alpha value is -2.60. The van der Waals surface area contributed by atoms with Crippen molar-refractivity contribution in [1.82, 2.24) is 10.2 Å². The summed E-state index contributed by atoms with van der Waals surface area (Å²) in [5.41, 5.74) is 2.86. The molecule has 5 nitrogen and oxygen atoms in total. The van der Waals surface area contributed by atoms with E-state index < -0.39 is 6.04 Å². The molecule has 132 valence electrons. The van der Waals surface area contributed by atoms with E-state index in [-0.39, 0.29) is 24.1 Å². The highest BCUT2D eigenvalue weighted by atomic mass is 32.2. The van der Waals surface area contributed by atoms with Crippen LogP contribution in [-0.2, 0) is 21.9 Å². The van der Waals surface area contributed by atoms with Crippen molar-refractivity contribution in [2.75, 3.05) is 0 Å². The van der Waals surface area contributed by atoms with Gasteiger partial charge in [0.05, 0.1) is 0 Å². The van der Waals surface area contributed by atoms with Crippen LogP contribution in [0.15, 0.2) is 53.4 Å². The standard InChI is InChI=1S/C20H18N2O3S/c23-18-10-9-16(19(24)21-18)22-11-15-14(20(22)25)7-4-8-17(15)26-12-13-5-2-1-3-6-13/h1-8,16H,9-12H2,(H,21,23,24)/t16-/m0/s1. The molecule has 0 radical (unpaired) electrons. The Bertz CT molecular complexity index is 882. The highest BCUT2D eigenvalue weighted by molar-refractivity contribution is 7.98. The maximum absolute atomic E-state index is 12.8. The van der Waals surface area contributed by atoms with Crippen LogP contribution < -0.4 is 5.32 Å². The lowest BCUT2D eigenvalue weighted by atomic mass is 10.0. The van der Waals surface area contributed by atoms with Crippen LogP contribution in [-0.4, -0.2) is 28.7 Å². The van der Waals surface area contributed by atoms with Gasteiger partial charge in [0, 0.05) is 29.2 Å². The Balaban J connectivity index is 1.54. The lowest BCUT2D eigenvalue weighted by molar-refractivity contribution is -0.136. The smallest absolute Gasteiger partial charge is 0.255 e. The van der Waals surface area contributed by atoms with Gasteiger partial charge in [-0.05, 0) is 29.7 Å². The number of benzene rings is 2. The minimum absolute atomic E-state index is 0.128. The van der Waals surface area contributed by atoms with Crippen LogP contribution >= 0.6 is 11.8 Å². The molecule has 26 heavy (non-hydrogen) atoms. The first kappa shape index (κ1) is 16.8. The number of fused-ring (bicyclic) bond motifs is 1. The molecular weight excluding hydrogens is 348 g/mol. The van der Waals surface area contributed by atoms with E-state index in [1.54, 1.807) is 16.7 Å². The van der Waals surface area contributed by atoms with Crippen molar-refractivity contribution in [3.63, 3.8) is 0 Å². The van der Waals surface area contributed by atoms with Crippen molar-refractivity contribution in [2.24, 2.45) is 0 Å². The van der Waals surface area contributed by atoms with Gasteiger partial charge in [0.15, 0.2) is 0 Å². The average Bonchev–Trinajstić information content (AvgIpc) is 2.98. The monoisotopic (exact) mass is 366 g/mol. The first-order chi connectivity index (χ1) is 12.6. The van der Waals surface area contributed by atoms with Gasteiger partial charge < -0.3 is 4.90 Å². The molecule has 0 aromatic heterocycles. The summed E-state index contributed by atoms with van der Waals surface area (Å²) < 4.78 is 0. The lowest BCUT2D eigenvalue weighted by Gasteiger charge is -2.29. The van der Waals surface area contributed by atoms with Gasteiger partial charge >= 0.3 is 0 Å². The molecule has 0 unspecified atom stereocenters. The van der Waals surface area contributed by atoms with Gasteiger partial charge in [-0.25, -0.2) is 0 Å². The number of carbonyl (C=O) groups excluding carboxylic acids is 3. The maximum atomic E-state index is 12.8. The first-order valence-corrected chi connectivity index (χ1v) is 9.55. The molecule has 1 N–H and O–H groups in total. The molecule has 2 heterocycles. The van der Waals surface area contributed by atoms with E-state index in [9.17, 15) is 14.4 Å². The molecule has 1 saturated heterocycles. The zero-order valence-corrected chi connectivity index (χ0v) is 14.9. The van der Waals surface area contributed by atoms with Gasteiger partial charge in [-0.1, -0.05) is 36.4 Å². The van der Waals surface area contributed by atoms with Crippen molar-refractivity contribution in [2.45, 2.75) is 36.1 Å². The molecule has 0 saturated carbocycles. The number of carbonyl (C=O) groups is 3. The third kappa shape index (κ3) is 3.12. The summed E-state index contributed by atoms with van der Waals surface area (Å²) in [4.78, 5) is 39.0. The number of piperidine rings is 1. The molecule has 0 spiro atoms. The van der Waals surface area contributed by atoms with Crippen molar-refractivity contribution in [3.05, 3.63) is 65.2 Å². The van der Waals surface area contributed by atoms with Crippen molar-refractivity contribution < 1.29 is 14.4 Å². The van der Waals surface area contributed by atoms with Crippen LogP contribution in [0.2, 0.25) is 0 Å². The summed E-state index contributed by atoms with van der Waals surface area (Å²) in [6, 6.07) is 15.3. The quantitative estimate of drug-likeness (QED) is 0.667. The molecule has 1 atom stereocenters. The Morgan fingerprint density at radius 1 is 1.04 bits per heavy atom. The van der Waals surface area contributed by atoms with E-state index in [0.29, 0.717) is 18.5 Å². The summed E-state index contributed by atoms with van der Waals surface area (Å²) >= 11 is 1.70. The van der Waals surface area contributed by atoms with Crippen molar-refractivity contribution in [1.29, 1.82) is 0 Å². The molecule has 4 rings (SSSR count). The van der Waals surface area contributed by atoms with Gasteiger partial charge in [-0.2, -0.15) is 0 Å². The number of hydrogen-bond acceptors (Lipinski definition) is 4. The fourth-order valence-corrected chi connectivity index (χ4v) is 4.47. The van der Waals surface area contributed by atoms with Gasteiger partial charge in [0.1, 0.15) is 6.04 Å². The van der Waals surface area contributed by atoms with Crippen LogP contribution in [0, 0.1) is 0 Å². The van der Waals surface area contributed by atoms with Crippen molar-refractivity contribution >= 4 is 29.5 Å². The number of rotatable bonds is 4. The fourth-order valence-electron chi connectivity index (χ4n) is 3.43. The molecule has 0 bridgehead atoms. The topological polar surface area (TPSA) is 66.5 Å². The van der Waals surface area contributed by atoms with Gasteiger partial charge in [-0.15, -0.1) is 11.8 Å². The van der Waals surface area contributed by atoms with Crippen LogP contribution in [0.4, 0.5) is 0 Å². The van der Waals surface area contributed by atoms with Gasteiger partial charge in [0.25, 0.3) is 5.91 Å². The number of nitrogens with one attached hydrogen (secondary N) is 1. The highest BCUT2D eigenvalue weighted by Crippen LogP contribution is 2.35. The van der Waals surface area contributed by atoms with Gasteiger partial charge in [-0.3, -0.25) is 19.7 Å². The Kier molecular flexibility index (Phi) is 4.51. The molecule has 2 aliphatic heterocycles. The number of imide groups is 1. The second-order valence-electron chi connectivity index (χ2n) is 6.46. The summed E-state index contributed by atoms with van der Waals surface area (Å²) in [6.07, 6.45) is 0.656. The van der Waals surface area contributed by atoms with E-state index in [1.807, 2.05) is 36.4 Å². The van der Waals surface area contributed by atoms with E-state index in [0.717, 1.165) is 16.2 Å². The Morgan fingerprint density at radius 3 is 2.62 bits per heavy atom. The molecule has 2 aliphatic rings.